The van der Waals surface area contributed by atoms with Gasteiger partial charge in [-0.2, -0.15) is 0 Å². The molecular weight excluding hydrogens is 282 g/mol. The van der Waals surface area contributed by atoms with Gasteiger partial charge in [0.05, 0.1) is 12.6 Å². The van der Waals surface area contributed by atoms with Crippen molar-refractivity contribution in [3.05, 3.63) is 29.8 Å². The van der Waals surface area contributed by atoms with Gasteiger partial charge in [-0.15, -0.1) is 0 Å². The highest BCUT2D eigenvalue weighted by Gasteiger charge is 2.41. The number of nitrogens with zero attached hydrogens (tertiary/aromatic N) is 1. The van der Waals surface area contributed by atoms with Gasteiger partial charge in [-0.3, -0.25) is 14.5 Å². The summed E-state index contributed by atoms with van der Waals surface area (Å²) in [6.45, 7) is 1.90. The third-order valence-corrected chi connectivity index (χ3v) is 4.68. The summed E-state index contributed by atoms with van der Waals surface area (Å²) in [5.41, 5.74) is 6.24. The summed E-state index contributed by atoms with van der Waals surface area (Å²) in [6.07, 6.45) is 1.91. The van der Waals surface area contributed by atoms with Gasteiger partial charge in [-0.1, -0.05) is 0 Å². The van der Waals surface area contributed by atoms with Crippen molar-refractivity contribution in [3.8, 4) is 0 Å². The number of aliphatic hydroxyl groups excluding tert-OH is 1. The number of carbonyl (C=O) groups excluding carboxylic acids is 2. The number of fused-ring (bicyclic) bond motifs is 2. The predicted molar refractivity (Wildman–Crippen MR) is 82.3 cm³/mol. The third kappa shape index (κ3) is 3.13. The predicted octanol–water partition coefficient (Wildman–Crippen LogP) is 0.427. The number of amides is 2. The van der Waals surface area contributed by atoms with Crippen LogP contribution in [-0.2, 0) is 4.79 Å². The quantitative estimate of drug-likeness (QED) is 0.751. The Kier molecular flexibility index (Phi) is 4.13. The average molecular weight is 303 g/mol. The highest BCUT2D eigenvalue weighted by atomic mass is 16.3. The van der Waals surface area contributed by atoms with Gasteiger partial charge in [-0.25, -0.2) is 0 Å². The van der Waals surface area contributed by atoms with E-state index in [0.717, 1.165) is 25.9 Å². The number of likely N-dealkylation sites (tertiary alicyclic amines) is 1. The van der Waals surface area contributed by atoms with E-state index in [-0.39, 0.29) is 12.0 Å². The van der Waals surface area contributed by atoms with Gasteiger partial charge in [0.15, 0.2) is 0 Å². The number of nitrogens with one attached hydrogen (secondary N) is 1. The number of hydrogen-bond donors (Lipinski definition) is 3. The molecule has 1 heterocycles. The summed E-state index contributed by atoms with van der Waals surface area (Å²) in [7, 11) is 0. The zero-order valence-corrected chi connectivity index (χ0v) is 12.4. The largest absolute Gasteiger partial charge is 0.392 e. The summed E-state index contributed by atoms with van der Waals surface area (Å²) >= 11 is 0. The Balaban J connectivity index is 1.53. The molecule has 6 nitrogen and oxygen atoms in total. The van der Waals surface area contributed by atoms with Crippen LogP contribution in [0.3, 0.4) is 0 Å². The number of benzene rings is 1. The Bertz CT molecular complexity index is 559. The van der Waals surface area contributed by atoms with E-state index in [1.54, 1.807) is 24.3 Å². The van der Waals surface area contributed by atoms with Gasteiger partial charge in [0.2, 0.25) is 11.8 Å². The maximum absolute atomic E-state index is 12.1. The van der Waals surface area contributed by atoms with Crippen molar-refractivity contribution in [2.24, 2.45) is 17.6 Å². The minimum atomic E-state index is -0.486. The first-order chi connectivity index (χ1) is 10.5. The number of nitrogens with two attached hydrogens (primary N) is 1. The summed E-state index contributed by atoms with van der Waals surface area (Å²) in [6, 6.07) is 6.52. The van der Waals surface area contributed by atoms with Gasteiger partial charge in [0, 0.05) is 24.3 Å². The molecule has 6 heteroatoms. The standard InChI is InChI=1S/C16H21N3O3/c17-16(22)10-3-5-13(6-4-10)18-14(20)9-19-7-11-1-2-12(8-19)15(11)21/h3-6,11-12,15,21H,1-2,7-9H2,(H2,17,22)(H,18,20). The molecule has 2 bridgehead atoms. The molecule has 2 unspecified atom stereocenters. The first kappa shape index (κ1) is 15.0. The molecule has 1 aromatic rings. The van der Waals surface area contributed by atoms with Gasteiger partial charge in [-0.05, 0) is 48.9 Å². The first-order valence-corrected chi connectivity index (χ1v) is 7.63. The highest BCUT2D eigenvalue weighted by Crippen LogP contribution is 2.36. The molecule has 1 aromatic carbocycles. The molecule has 0 radical (unpaired) electrons. The second-order valence-electron chi connectivity index (χ2n) is 6.27. The highest BCUT2D eigenvalue weighted by molar-refractivity contribution is 5.95. The number of primary amides is 1. The topological polar surface area (TPSA) is 95.7 Å². The molecule has 2 fully saturated rings. The average Bonchev–Trinajstić information content (AvgIpc) is 2.70. The summed E-state index contributed by atoms with van der Waals surface area (Å²) in [5.74, 6) is 0.0469. The van der Waals surface area contributed by atoms with Gasteiger partial charge < -0.3 is 16.2 Å². The van der Waals surface area contributed by atoms with Crippen molar-refractivity contribution in [3.63, 3.8) is 0 Å². The Labute approximate surface area is 129 Å². The van der Waals surface area contributed by atoms with Gasteiger partial charge in [0.1, 0.15) is 0 Å². The molecule has 1 saturated carbocycles. The lowest BCUT2D eigenvalue weighted by Gasteiger charge is -2.34. The van der Waals surface area contributed by atoms with Crippen molar-refractivity contribution in [1.29, 1.82) is 0 Å². The fourth-order valence-electron chi connectivity index (χ4n) is 3.54. The Morgan fingerprint density at radius 3 is 2.32 bits per heavy atom. The van der Waals surface area contributed by atoms with Crippen LogP contribution in [-0.4, -0.2) is 47.6 Å². The fraction of sp³-hybridized carbons (Fsp3) is 0.500. The van der Waals surface area contributed by atoms with Crippen LogP contribution in [0.1, 0.15) is 23.2 Å². The molecular formula is C16H21N3O3. The molecule has 118 valence electrons. The van der Waals surface area contributed by atoms with Crippen molar-refractivity contribution in [2.45, 2.75) is 18.9 Å². The van der Waals surface area contributed by atoms with Crippen LogP contribution in [0.15, 0.2) is 24.3 Å². The number of rotatable bonds is 4. The van der Waals surface area contributed by atoms with Crippen molar-refractivity contribution in [1.82, 2.24) is 4.90 Å². The van der Waals surface area contributed by atoms with Crippen LogP contribution in [0, 0.1) is 11.8 Å². The molecule has 1 saturated heterocycles. The lowest BCUT2D eigenvalue weighted by Crippen LogP contribution is -2.47. The van der Waals surface area contributed by atoms with Crippen molar-refractivity contribution < 1.29 is 14.7 Å². The molecule has 0 aromatic heterocycles. The Morgan fingerprint density at radius 2 is 1.77 bits per heavy atom. The molecule has 2 atom stereocenters. The van der Waals surface area contributed by atoms with Crippen LogP contribution in [0.2, 0.25) is 0 Å². The van der Waals surface area contributed by atoms with E-state index in [4.69, 9.17) is 5.73 Å². The second-order valence-corrected chi connectivity index (χ2v) is 6.27. The minimum Gasteiger partial charge on any atom is -0.392 e. The van der Waals surface area contributed by atoms with E-state index >= 15 is 0 Å². The van der Waals surface area contributed by atoms with Gasteiger partial charge in [0.25, 0.3) is 0 Å². The summed E-state index contributed by atoms with van der Waals surface area (Å²) in [4.78, 5) is 25.2. The lowest BCUT2D eigenvalue weighted by atomic mass is 9.95. The maximum Gasteiger partial charge on any atom is 0.248 e. The zero-order valence-electron chi connectivity index (χ0n) is 12.4. The molecule has 4 N–H and O–H groups in total. The minimum absolute atomic E-state index is 0.0809. The van der Waals surface area contributed by atoms with E-state index in [0.29, 0.717) is 29.6 Å². The van der Waals surface area contributed by atoms with Crippen LogP contribution in [0.5, 0.6) is 0 Å². The van der Waals surface area contributed by atoms with Crippen LogP contribution in [0.25, 0.3) is 0 Å². The maximum atomic E-state index is 12.1. The molecule has 22 heavy (non-hydrogen) atoms. The molecule has 1 aliphatic heterocycles. The zero-order chi connectivity index (χ0) is 15.7. The van der Waals surface area contributed by atoms with E-state index in [1.807, 2.05) is 0 Å². The summed E-state index contributed by atoms with van der Waals surface area (Å²) in [5, 5.41) is 12.8. The van der Waals surface area contributed by atoms with Crippen molar-refractivity contribution >= 4 is 17.5 Å². The normalized spacial score (nSPS) is 27.6. The molecule has 2 amide bonds. The van der Waals surface area contributed by atoms with E-state index in [9.17, 15) is 14.7 Å². The molecule has 0 spiro atoms. The van der Waals surface area contributed by atoms with Crippen LogP contribution >= 0.6 is 0 Å². The monoisotopic (exact) mass is 303 g/mol. The van der Waals surface area contributed by atoms with Gasteiger partial charge >= 0.3 is 0 Å². The van der Waals surface area contributed by atoms with Crippen LogP contribution < -0.4 is 11.1 Å². The first-order valence-electron chi connectivity index (χ1n) is 7.63. The molecule has 3 rings (SSSR count). The lowest BCUT2D eigenvalue weighted by molar-refractivity contribution is -0.118. The smallest absolute Gasteiger partial charge is 0.248 e. The second kappa shape index (κ2) is 6.06. The number of aliphatic hydroxyl groups is 1. The molecule has 1 aliphatic carbocycles. The number of anilines is 1. The van der Waals surface area contributed by atoms with E-state index in [2.05, 4.69) is 10.2 Å². The van der Waals surface area contributed by atoms with Crippen molar-refractivity contribution in [2.75, 3.05) is 25.0 Å². The number of hydrogen-bond acceptors (Lipinski definition) is 4. The van der Waals surface area contributed by atoms with E-state index < -0.39 is 5.91 Å². The Hall–Kier alpha value is -1.92. The summed E-state index contributed by atoms with van der Waals surface area (Å²) < 4.78 is 0. The fourth-order valence-corrected chi connectivity index (χ4v) is 3.54. The van der Waals surface area contributed by atoms with E-state index in [1.165, 1.54) is 0 Å². The Morgan fingerprint density at radius 1 is 1.18 bits per heavy atom. The molecule has 2 aliphatic rings. The van der Waals surface area contributed by atoms with Crippen LogP contribution in [0.4, 0.5) is 5.69 Å². The number of carbonyl (C=O) groups is 2. The number of piperidine rings is 1. The third-order valence-electron chi connectivity index (χ3n) is 4.68. The SMILES string of the molecule is NC(=O)c1ccc(NC(=O)CN2CC3CCC(C2)C3O)cc1.